The van der Waals surface area contributed by atoms with E-state index in [1.54, 1.807) is 13.1 Å². The van der Waals surface area contributed by atoms with E-state index in [4.69, 9.17) is 27.7 Å². The topological polar surface area (TPSA) is 75.3 Å². The fraction of sp³-hybridized carbons (Fsp3) is 0.471. The highest BCUT2D eigenvalue weighted by molar-refractivity contribution is 14.0. The molecule has 1 unspecified atom stereocenters. The van der Waals surface area contributed by atoms with Crippen molar-refractivity contribution in [3.63, 3.8) is 0 Å². The van der Waals surface area contributed by atoms with Gasteiger partial charge < -0.3 is 15.2 Å². The van der Waals surface area contributed by atoms with Crippen LogP contribution in [-0.2, 0) is 6.42 Å². The van der Waals surface area contributed by atoms with Gasteiger partial charge in [-0.15, -0.1) is 24.0 Å². The summed E-state index contributed by atoms with van der Waals surface area (Å²) in [6.07, 6.45) is 0.627. The maximum Gasteiger partial charge on any atom is 0.228 e. The van der Waals surface area contributed by atoms with Crippen molar-refractivity contribution < 1.29 is 4.52 Å². The predicted molar refractivity (Wildman–Crippen MR) is 117 cm³/mol. The van der Waals surface area contributed by atoms with Crippen LogP contribution in [0.15, 0.2) is 27.7 Å². The minimum atomic E-state index is 0. The number of rotatable bonds is 6. The SMILES string of the molecule is CN=C(NCCc1nc(C(C)C)no1)NC(C)c1ccc(Cl)c(Cl)c1.I. The quantitative estimate of drug-likeness (QED) is 0.337. The van der Waals surface area contributed by atoms with Crippen molar-refractivity contribution in [2.45, 2.75) is 39.2 Å². The van der Waals surface area contributed by atoms with Crippen LogP contribution in [0.25, 0.3) is 0 Å². The Kier molecular flexibility index (Phi) is 9.67. The van der Waals surface area contributed by atoms with Crippen LogP contribution < -0.4 is 10.6 Å². The summed E-state index contributed by atoms with van der Waals surface area (Å²) >= 11 is 12.0. The van der Waals surface area contributed by atoms with Crippen LogP contribution in [0.3, 0.4) is 0 Å². The molecule has 2 N–H and O–H groups in total. The predicted octanol–water partition coefficient (Wildman–Crippen LogP) is 4.59. The molecular formula is C17H24Cl2IN5O. The summed E-state index contributed by atoms with van der Waals surface area (Å²) in [5.74, 6) is 2.28. The number of guanidine groups is 1. The maximum atomic E-state index is 6.08. The largest absolute Gasteiger partial charge is 0.356 e. The van der Waals surface area contributed by atoms with Gasteiger partial charge in [0.15, 0.2) is 11.8 Å². The molecule has 0 aliphatic heterocycles. The van der Waals surface area contributed by atoms with Crippen LogP contribution >= 0.6 is 47.2 Å². The molecule has 1 heterocycles. The third kappa shape index (κ3) is 6.59. The first-order valence-corrected chi connectivity index (χ1v) is 8.91. The Morgan fingerprint density at radius 1 is 1.23 bits per heavy atom. The lowest BCUT2D eigenvalue weighted by Crippen LogP contribution is -2.39. The van der Waals surface area contributed by atoms with Gasteiger partial charge in [-0.2, -0.15) is 4.98 Å². The molecule has 1 atom stereocenters. The highest BCUT2D eigenvalue weighted by Gasteiger charge is 2.11. The van der Waals surface area contributed by atoms with E-state index >= 15 is 0 Å². The fourth-order valence-electron chi connectivity index (χ4n) is 2.16. The summed E-state index contributed by atoms with van der Waals surface area (Å²) in [6.45, 7) is 6.72. The highest BCUT2D eigenvalue weighted by atomic mass is 127. The average molecular weight is 512 g/mol. The zero-order chi connectivity index (χ0) is 18.4. The number of nitrogens with zero attached hydrogens (tertiary/aromatic N) is 3. The second-order valence-electron chi connectivity index (χ2n) is 5.99. The summed E-state index contributed by atoms with van der Waals surface area (Å²) in [5.41, 5.74) is 1.02. The molecule has 144 valence electrons. The van der Waals surface area contributed by atoms with Gasteiger partial charge >= 0.3 is 0 Å². The lowest BCUT2D eigenvalue weighted by molar-refractivity contribution is 0.371. The minimum Gasteiger partial charge on any atom is -0.356 e. The Labute approximate surface area is 181 Å². The van der Waals surface area contributed by atoms with Crippen LogP contribution in [0.1, 0.15) is 50.0 Å². The highest BCUT2D eigenvalue weighted by Crippen LogP contribution is 2.25. The second-order valence-corrected chi connectivity index (χ2v) is 6.80. The van der Waals surface area contributed by atoms with E-state index in [2.05, 4.69) is 25.8 Å². The standard InChI is InChI=1S/C17H23Cl2N5O.HI/c1-10(2)16-23-15(25-24-16)7-8-21-17(20-4)22-11(3)12-5-6-13(18)14(19)9-12;/h5-6,9-11H,7-8H2,1-4H3,(H2,20,21,22);1H. The van der Waals surface area contributed by atoms with Crippen LogP contribution in [0.2, 0.25) is 10.0 Å². The smallest absolute Gasteiger partial charge is 0.228 e. The van der Waals surface area contributed by atoms with E-state index in [-0.39, 0.29) is 35.9 Å². The fourth-order valence-corrected chi connectivity index (χ4v) is 2.46. The van der Waals surface area contributed by atoms with E-state index in [9.17, 15) is 0 Å². The molecule has 26 heavy (non-hydrogen) atoms. The molecule has 0 radical (unpaired) electrons. The van der Waals surface area contributed by atoms with Crippen LogP contribution in [0, 0.1) is 0 Å². The molecule has 0 fully saturated rings. The molecule has 6 nitrogen and oxygen atoms in total. The molecule has 0 bridgehead atoms. The van der Waals surface area contributed by atoms with Gasteiger partial charge in [-0.3, -0.25) is 4.99 Å². The molecule has 0 aliphatic rings. The van der Waals surface area contributed by atoms with Crippen molar-refractivity contribution >= 4 is 53.1 Å². The lowest BCUT2D eigenvalue weighted by atomic mass is 10.1. The Morgan fingerprint density at radius 2 is 1.96 bits per heavy atom. The summed E-state index contributed by atoms with van der Waals surface area (Å²) in [5, 5.41) is 11.6. The Balaban J connectivity index is 0.00000338. The first-order chi connectivity index (χ1) is 11.9. The second kappa shape index (κ2) is 10.9. The number of hydrogen-bond acceptors (Lipinski definition) is 4. The molecule has 0 amide bonds. The number of halogens is 3. The van der Waals surface area contributed by atoms with Crippen molar-refractivity contribution in [3.8, 4) is 0 Å². The first kappa shape index (κ1) is 23.0. The average Bonchev–Trinajstić information content (AvgIpc) is 3.05. The van der Waals surface area contributed by atoms with Gasteiger partial charge in [0.2, 0.25) is 5.89 Å². The molecule has 0 aliphatic carbocycles. The van der Waals surface area contributed by atoms with Crippen molar-refractivity contribution in [1.82, 2.24) is 20.8 Å². The van der Waals surface area contributed by atoms with Gasteiger partial charge in [-0.25, -0.2) is 0 Å². The number of hydrogen-bond donors (Lipinski definition) is 2. The van der Waals surface area contributed by atoms with E-state index in [0.717, 1.165) is 11.4 Å². The van der Waals surface area contributed by atoms with Crippen molar-refractivity contribution in [2.24, 2.45) is 4.99 Å². The Hall–Kier alpha value is -1.06. The third-order valence-corrected chi connectivity index (χ3v) is 4.39. The lowest BCUT2D eigenvalue weighted by Gasteiger charge is -2.18. The Morgan fingerprint density at radius 3 is 2.54 bits per heavy atom. The zero-order valence-corrected chi connectivity index (χ0v) is 19.1. The number of nitrogens with one attached hydrogen (secondary N) is 2. The number of benzene rings is 1. The van der Waals surface area contributed by atoms with Gasteiger partial charge in [0.1, 0.15) is 0 Å². The molecule has 2 aromatic rings. The molecule has 9 heteroatoms. The monoisotopic (exact) mass is 511 g/mol. The van der Waals surface area contributed by atoms with Crippen LogP contribution in [-0.4, -0.2) is 29.7 Å². The van der Waals surface area contributed by atoms with E-state index in [1.807, 2.05) is 32.9 Å². The summed E-state index contributed by atoms with van der Waals surface area (Å²) in [4.78, 5) is 8.58. The molecule has 0 saturated heterocycles. The number of aromatic nitrogens is 2. The van der Waals surface area contributed by atoms with Crippen molar-refractivity contribution in [1.29, 1.82) is 0 Å². The summed E-state index contributed by atoms with van der Waals surface area (Å²) in [7, 11) is 1.72. The van der Waals surface area contributed by atoms with E-state index < -0.39 is 0 Å². The van der Waals surface area contributed by atoms with Gasteiger partial charge in [-0.1, -0.05) is 48.3 Å². The molecule has 1 aromatic heterocycles. The minimum absolute atomic E-state index is 0. The van der Waals surface area contributed by atoms with Gasteiger partial charge in [0, 0.05) is 25.9 Å². The molecule has 0 spiro atoms. The van der Waals surface area contributed by atoms with E-state index in [0.29, 0.717) is 34.9 Å². The van der Waals surface area contributed by atoms with Gasteiger partial charge in [-0.05, 0) is 24.6 Å². The number of aliphatic imine (C=N–C) groups is 1. The zero-order valence-electron chi connectivity index (χ0n) is 15.2. The normalized spacial score (nSPS) is 12.7. The van der Waals surface area contributed by atoms with Crippen molar-refractivity contribution in [2.75, 3.05) is 13.6 Å². The molecule has 1 aromatic carbocycles. The van der Waals surface area contributed by atoms with Gasteiger partial charge in [0.05, 0.1) is 16.1 Å². The summed E-state index contributed by atoms with van der Waals surface area (Å²) in [6, 6.07) is 5.60. The van der Waals surface area contributed by atoms with Crippen LogP contribution in [0.5, 0.6) is 0 Å². The third-order valence-electron chi connectivity index (χ3n) is 3.65. The molecule has 0 saturated carbocycles. The van der Waals surface area contributed by atoms with Crippen LogP contribution in [0.4, 0.5) is 0 Å². The summed E-state index contributed by atoms with van der Waals surface area (Å²) < 4.78 is 5.23. The maximum absolute atomic E-state index is 6.08. The Bertz CT molecular complexity index is 736. The van der Waals surface area contributed by atoms with Crippen molar-refractivity contribution in [3.05, 3.63) is 45.5 Å². The molecule has 2 rings (SSSR count). The van der Waals surface area contributed by atoms with E-state index in [1.165, 1.54) is 0 Å². The van der Waals surface area contributed by atoms with Gasteiger partial charge in [0.25, 0.3) is 0 Å². The molecular weight excluding hydrogens is 488 g/mol. The first-order valence-electron chi connectivity index (χ1n) is 8.15.